The number of non-ortho nitro benzene ring substituents is 1. The maximum atomic E-state index is 11.2. The molecule has 0 atom stereocenters. The molecule has 0 saturated carbocycles. The van der Waals surface area contributed by atoms with E-state index in [1.54, 1.807) is 6.92 Å². The molecule has 0 bridgehead atoms. The largest absolute Gasteiger partial charge is 0.359 e. The Morgan fingerprint density at radius 1 is 1.28 bits per heavy atom. The molecule has 0 aliphatic heterocycles. The number of nitro benzene ring substituents is 2. The molecule has 0 saturated heterocycles. The molecule has 0 spiro atoms. The van der Waals surface area contributed by atoms with E-state index in [9.17, 15) is 28.6 Å². The second kappa shape index (κ2) is 9.29. The van der Waals surface area contributed by atoms with Gasteiger partial charge in [-0.15, -0.1) is 10.2 Å². The highest BCUT2D eigenvalue weighted by molar-refractivity contribution is 9.10. The van der Waals surface area contributed by atoms with Crippen molar-refractivity contribution < 1.29 is 22.4 Å². The standard InChI is InChI=1S/C13H13BrN6O7S2/c1-7-12(28-13(16-7)15-3-4-27-29(2,25)26)18-17-11-9(14)5-8(19(21)22)6-10(11)20(23)24/h5-6H,3-4H2,1-2H3,(H,15,16). The molecule has 0 radical (unpaired) electrons. The molecule has 0 fully saturated rings. The van der Waals surface area contributed by atoms with E-state index in [0.29, 0.717) is 15.8 Å². The summed E-state index contributed by atoms with van der Waals surface area (Å²) in [6, 6.07) is 1.89. The number of nitrogens with zero attached hydrogens (tertiary/aromatic N) is 5. The molecule has 156 valence electrons. The molecule has 1 aromatic carbocycles. The normalized spacial score (nSPS) is 11.7. The van der Waals surface area contributed by atoms with Crippen LogP contribution in [0.1, 0.15) is 5.69 Å². The molecule has 2 aromatic rings. The van der Waals surface area contributed by atoms with Gasteiger partial charge in [-0.1, -0.05) is 11.3 Å². The van der Waals surface area contributed by atoms with Gasteiger partial charge in [-0.2, -0.15) is 8.42 Å². The van der Waals surface area contributed by atoms with Crippen molar-refractivity contribution >= 4 is 64.6 Å². The Balaban J connectivity index is 2.21. The van der Waals surface area contributed by atoms with Crippen LogP contribution >= 0.6 is 27.3 Å². The van der Waals surface area contributed by atoms with Crippen molar-refractivity contribution in [1.82, 2.24) is 4.98 Å². The number of benzene rings is 1. The first-order valence-corrected chi connectivity index (χ1v) is 11.0. The molecular weight excluding hydrogens is 496 g/mol. The number of hydrogen-bond acceptors (Lipinski definition) is 12. The van der Waals surface area contributed by atoms with E-state index in [4.69, 9.17) is 0 Å². The lowest BCUT2D eigenvalue weighted by atomic mass is 10.2. The first-order chi connectivity index (χ1) is 13.5. The van der Waals surface area contributed by atoms with Crippen LogP contribution in [0.2, 0.25) is 0 Å². The molecule has 13 nitrogen and oxygen atoms in total. The third-order valence-electron chi connectivity index (χ3n) is 3.12. The molecule has 0 amide bonds. The SMILES string of the molecule is Cc1nc(NCCOS(C)(=O)=O)sc1N=Nc1c(Br)cc([N+](=O)[O-])cc1[N+](=O)[O-]. The van der Waals surface area contributed by atoms with Crippen LogP contribution in [0.3, 0.4) is 0 Å². The lowest BCUT2D eigenvalue weighted by Gasteiger charge is -2.01. The Bertz CT molecular complexity index is 1090. The summed E-state index contributed by atoms with van der Waals surface area (Å²) >= 11 is 4.12. The van der Waals surface area contributed by atoms with Crippen LogP contribution in [0, 0.1) is 27.2 Å². The second-order valence-corrected chi connectivity index (χ2v) is 8.85. The van der Waals surface area contributed by atoms with E-state index in [2.05, 4.69) is 40.6 Å². The summed E-state index contributed by atoms with van der Waals surface area (Å²) < 4.78 is 26.4. The number of halogens is 1. The van der Waals surface area contributed by atoms with Crippen LogP contribution in [-0.4, -0.2) is 42.7 Å². The highest BCUT2D eigenvalue weighted by Gasteiger charge is 2.23. The first kappa shape index (κ1) is 22.7. The number of azo groups is 1. The number of aromatic nitrogens is 1. The molecule has 0 aliphatic carbocycles. The molecule has 1 heterocycles. The third kappa shape index (κ3) is 6.48. The Morgan fingerprint density at radius 2 is 1.97 bits per heavy atom. The van der Waals surface area contributed by atoms with Crippen molar-refractivity contribution in [2.75, 3.05) is 24.7 Å². The smallest absolute Gasteiger partial charge is 0.304 e. The number of nitro groups is 2. The van der Waals surface area contributed by atoms with E-state index in [1.807, 2.05) is 0 Å². The Hall–Kier alpha value is -2.56. The highest BCUT2D eigenvalue weighted by atomic mass is 79.9. The van der Waals surface area contributed by atoms with E-state index in [1.165, 1.54) is 0 Å². The zero-order valence-electron chi connectivity index (χ0n) is 14.9. The lowest BCUT2D eigenvalue weighted by molar-refractivity contribution is -0.393. The summed E-state index contributed by atoms with van der Waals surface area (Å²) in [5.41, 5.74) is -0.733. The average molecular weight is 509 g/mol. The highest BCUT2D eigenvalue weighted by Crippen LogP contribution is 2.40. The summed E-state index contributed by atoms with van der Waals surface area (Å²) in [7, 11) is -3.54. The molecule has 2 rings (SSSR count). The van der Waals surface area contributed by atoms with Gasteiger partial charge in [0.2, 0.25) is 0 Å². The number of rotatable bonds is 9. The van der Waals surface area contributed by atoms with Gasteiger partial charge in [-0.3, -0.25) is 24.4 Å². The first-order valence-electron chi connectivity index (χ1n) is 7.57. The second-order valence-electron chi connectivity index (χ2n) is 5.37. The summed E-state index contributed by atoms with van der Waals surface area (Å²) in [5, 5.41) is 33.5. The average Bonchev–Trinajstić information content (AvgIpc) is 2.95. The van der Waals surface area contributed by atoms with Gasteiger partial charge in [0, 0.05) is 12.6 Å². The van der Waals surface area contributed by atoms with Crippen molar-refractivity contribution in [2.24, 2.45) is 10.2 Å². The molecule has 0 aliphatic rings. The molecule has 0 unspecified atom stereocenters. The minimum absolute atomic E-state index is 0.0422. The maximum absolute atomic E-state index is 11.2. The number of aryl methyl sites for hydroxylation is 1. The predicted molar refractivity (Wildman–Crippen MR) is 108 cm³/mol. The van der Waals surface area contributed by atoms with Gasteiger partial charge < -0.3 is 5.32 Å². The van der Waals surface area contributed by atoms with Gasteiger partial charge in [0.1, 0.15) is 0 Å². The number of anilines is 1. The zero-order chi connectivity index (χ0) is 21.8. The summed E-state index contributed by atoms with van der Waals surface area (Å²) in [6.45, 7) is 1.73. The zero-order valence-corrected chi connectivity index (χ0v) is 18.1. The quantitative estimate of drug-likeness (QED) is 0.173. The molecule has 1 N–H and O–H groups in total. The Labute approximate surface area is 176 Å². The van der Waals surface area contributed by atoms with Crippen LogP contribution < -0.4 is 5.32 Å². The lowest BCUT2D eigenvalue weighted by Crippen LogP contribution is -2.12. The minimum Gasteiger partial charge on any atom is -0.359 e. The van der Waals surface area contributed by atoms with E-state index in [0.717, 1.165) is 29.7 Å². The molecule has 16 heteroatoms. The predicted octanol–water partition coefficient (Wildman–Crippen LogP) is 3.83. The monoisotopic (exact) mass is 508 g/mol. The summed E-state index contributed by atoms with van der Waals surface area (Å²) in [4.78, 5) is 24.8. The fourth-order valence-corrected chi connectivity index (χ4v) is 3.64. The van der Waals surface area contributed by atoms with Crippen LogP contribution in [0.4, 0.5) is 27.2 Å². The van der Waals surface area contributed by atoms with Gasteiger partial charge in [0.25, 0.3) is 15.8 Å². The van der Waals surface area contributed by atoms with Crippen molar-refractivity contribution in [1.29, 1.82) is 0 Å². The number of thiazole rings is 1. The third-order valence-corrected chi connectivity index (χ3v) is 5.32. The molecule has 29 heavy (non-hydrogen) atoms. The van der Waals surface area contributed by atoms with Gasteiger partial charge in [0.05, 0.1) is 38.9 Å². The van der Waals surface area contributed by atoms with Crippen LogP contribution in [0.15, 0.2) is 26.8 Å². The van der Waals surface area contributed by atoms with E-state index >= 15 is 0 Å². The van der Waals surface area contributed by atoms with Crippen molar-refractivity contribution in [3.63, 3.8) is 0 Å². The van der Waals surface area contributed by atoms with Crippen molar-refractivity contribution in [2.45, 2.75) is 6.92 Å². The minimum atomic E-state index is -3.54. The molecular formula is C13H13BrN6O7S2. The van der Waals surface area contributed by atoms with Crippen molar-refractivity contribution in [3.05, 3.63) is 42.5 Å². The van der Waals surface area contributed by atoms with Gasteiger partial charge in [0.15, 0.2) is 15.8 Å². The Morgan fingerprint density at radius 3 is 2.55 bits per heavy atom. The van der Waals surface area contributed by atoms with Crippen LogP contribution in [0.5, 0.6) is 0 Å². The maximum Gasteiger partial charge on any atom is 0.304 e. The van der Waals surface area contributed by atoms with E-state index in [-0.39, 0.29) is 23.3 Å². The van der Waals surface area contributed by atoms with Crippen LogP contribution in [-0.2, 0) is 14.3 Å². The molecule has 1 aromatic heterocycles. The number of hydrogen-bond donors (Lipinski definition) is 1. The van der Waals surface area contributed by atoms with Gasteiger partial charge >= 0.3 is 5.69 Å². The fourth-order valence-electron chi connectivity index (χ4n) is 1.92. The summed E-state index contributed by atoms with van der Waals surface area (Å²) in [6.07, 6.45) is 0.939. The van der Waals surface area contributed by atoms with E-state index < -0.39 is 31.3 Å². The fraction of sp³-hybridized carbons (Fsp3) is 0.308. The number of nitrogens with one attached hydrogen (secondary N) is 1. The van der Waals surface area contributed by atoms with Gasteiger partial charge in [-0.25, -0.2) is 4.98 Å². The topological polar surface area (TPSA) is 179 Å². The summed E-state index contributed by atoms with van der Waals surface area (Å²) in [5.74, 6) is 0. The Kier molecular flexibility index (Phi) is 7.28. The van der Waals surface area contributed by atoms with Crippen LogP contribution in [0.25, 0.3) is 0 Å². The van der Waals surface area contributed by atoms with Gasteiger partial charge in [-0.05, 0) is 22.9 Å². The van der Waals surface area contributed by atoms with Crippen molar-refractivity contribution in [3.8, 4) is 0 Å².